The van der Waals surface area contributed by atoms with Crippen LogP contribution in [-0.2, 0) is 11.3 Å². The molecule has 166 valence electrons. The first-order chi connectivity index (χ1) is 15.3. The van der Waals surface area contributed by atoms with Crippen LogP contribution >= 0.6 is 11.3 Å². The van der Waals surface area contributed by atoms with Gasteiger partial charge in [0.15, 0.2) is 0 Å². The number of hydrogen-bond acceptors (Lipinski definition) is 6. The number of anilines is 1. The molecule has 12 heteroatoms. The maximum Gasteiger partial charge on any atom is 0.405 e. The molecular formula is C20H17F3N6O2S. The summed E-state index contributed by atoms with van der Waals surface area (Å²) in [7, 11) is 1.60. The number of fused-ring (bicyclic) bond motifs is 1. The van der Waals surface area contributed by atoms with Crippen LogP contribution in [0.5, 0.6) is 0 Å². The standard InChI is InChI=1S/C20H17F3N6O2S/c1-31-10-17-27-28-18(32-17)13-5-6-29-15(9-24-16(29)8-13)12-3-2-4-14(7-12)26-19(30)25-11-20(21,22)23/h2-9H,10-11H2,1H3,(H2,25,26,30). The Bertz CT molecular complexity index is 1250. The van der Waals surface area contributed by atoms with Crippen molar-refractivity contribution in [3.8, 4) is 21.8 Å². The van der Waals surface area contributed by atoms with Crippen molar-refractivity contribution in [2.45, 2.75) is 12.8 Å². The van der Waals surface area contributed by atoms with Gasteiger partial charge in [-0.3, -0.25) is 4.40 Å². The second kappa shape index (κ2) is 8.93. The van der Waals surface area contributed by atoms with E-state index in [0.717, 1.165) is 26.8 Å². The summed E-state index contributed by atoms with van der Waals surface area (Å²) in [4.78, 5) is 16.2. The van der Waals surface area contributed by atoms with Crippen LogP contribution in [0.4, 0.5) is 23.7 Å². The Balaban J connectivity index is 1.55. The second-order valence-corrected chi connectivity index (χ2v) is 7.79. The van der Waals surface area contributed by atoms with Gasteiger partial charge in [-0.2, -0.15) is 13.2 Å². The molecule has 3 aromatic heterocycles. The molecule has 2 N–H and O–H groups in total. The minimum Gasteiger partial charge on any atom is -0.377 e. The van der Waals surface area contributed by atoms with Gasteiger partial charge in [0.25, 0.3) is 0 Å². The number of aromatic nitrogens is 4. The van der Waals surface area contributed by atoms with Crippen molar-refractivity contribution in [1.82, 2.24) is 24.9 Å². The number of ether oxygens (including phenoxy) is 1. The molecule has 0 radical (unpaired) electrons. The minimum atomic E-state index is -4.48. The van der Waals surface area contributed by atoms with Crippen molar-refractivity contribution in [1.29, 1.82) is 0 Å². The molecule has 0 aliphatic carbocycles. The molecule has 1 aromatic carbocycles. The SMILES string of the molecule is COCc1nnc(-c2ccn3c(-c4cccc(NC(=O)NCC(F)(F)F)c4)cnc3c2)s1. The van der Waals surface area contributed by atoms with Gasteiger partial charge in [0, 0.05) is 30.1 Å². The number of carbonyl (C=O) groups is 1. The van der Waals surface area contributed by atoms with Crippen LogP contribution in [0.25, 0.3) is 27.5 Å². The number of alkyl halides is 3. The van der Waals surface area contributed by atoms with E-state index in [1.54, 1.807) is 36.8 Å². The Morgan fingerprint density at radius 2 is 2.03 bits per heavy atom. The van der Waals surface area contributed by atoms with E-state index in [4.69, 9.17) is 4.74 Å². The lowest BCUT2D eigenvalue weighted by molar-refractivity contribution is -0.122. The monoisotopic (exact) mass is 462 g/mol. The fourth-order valence-electron chi connectivity index (χ4n) is 2.99. The zero-order chi connectivity index (χ0) is 22.7. The Morgan fingerprint density at radius 3 is 2.81 bits per heavy atom. The molecular weight excluding hydrogens is 445 g/mol. The average Bonchev–Trinajstić information content (AvgIpc) is 3.39. The van der Waals surface area contributed by atoms with Gasteiger partial charge in [-0.1, -0.05) is 23.5 Å². The summed E-state index contributed by atoms with van der Waals surface area (Å²) in [6, 6.07) is 9.60. The molecule has 3 heterocycles. The molecule has 0 atom stereocenters. The number of nitrogens with zero attached hydrogens (tertiary/aromatic N) is 4. The molecule has 0 saturated carbocycles. The number of hydrogen-bond donors (Lipinski definition) is 2. The van der Waals surface area contributed by atoms with E-state index in [0.29, 0.717) is 17.9 Å². The Labute approximate surface area is 184 Å². The first-order valence-corrected chi connectivity index (χ1v) is 10.1. The Hall–Kier alpha value is -3.51. The zero-order valence-corrected chi connectivity index (χ0v) is 17.5. The number of rotatable bonds is 6. The van der Waals surface area contributed by atoms with Gasteiger partial charge in [0.2, 0.25) is 0 Å². The number of methoxy groups -OCH3 is 1. The van der Waals surface area contributed by atoms with Gasteiger partial charge in [-0.05, 0) is 24.3 Å². The van der Waals surface area contributed by atoms with Crippen molar-refractivity contribution < 1.29 is 22.7 Å². The highest BCUT2D eigenvalue weighted by molar-refractivity contribution is 7.14. The molecule has 4 rings (SSSR count). The summed E-state index contributed by atoms with van der Waals surface area (Å²) >= 11 is 1.43. The quantitative estimate of drug-likeness (QED) is 0.444. The average molecular weight is 462 g/mol. The molecule has 0 saturated heterocycles. The minimum absolute atomic E-state index is 0.355. The number of carbonyl (C=O) groups excluding carboxylic acids is 1. The number of benzene rings is 1. The summed E-state index contributed by atoms with van der Waals surface area (Å²) in [5, 5.41) is 14.0. The summed E-state index contributed by atoms with van der Waals surface area (Å²) in [6.45, 7) is -1.01. The highest BCUT2D eigenvalue weighted by Gasteiger charge is 2.27. The van der Waals surface area contributed by atoms with Gasteiger partial charge < -0.3 is 15.4 Å². The predicted octanol–water partition coefficient (Wildman–Crippen LogP) is 4.35. The maximum atomic E-state index is 12.3. The Morgan fingerprint density at radius 1 is 1.19 bits per heavy atom. The Kier molecular flexibility index (Phi) is 6.06. The number of urea groups is 1. The van der Waals surface area contributed by atoms with Crippen LogP contribution in [0.3, 0.4) is 0 Å². The second-order valence-electron chi connectivity index (χ2n) is 6.72. The molecule has 0 aliphatic rings. The van der Waals surface area contributed by atoms with Crippen LogP contribution in [-0.4, -0.2) is 45.4 Å². The van der Waals surface area contributed by atoms with Crippen LogP contribution in [0.2, 0.25) is 0 Å². The summed E-state index contributed by atoms with van der Waals surface area (Å²) in [5.74, 6) is 0. The lowest BCUT2D eigenvalue weighted by Crippen LogP contribution is -2.36. The topological polar surface area (TPSA) is 93.4 Å². The smallest absolute Gasteiger partial charge is 0.377 e. The summed E-state index contributed by atoms with van der Waals surface area (Å²) in [6.07, 6.45) is -0.951. The van der Waals surface area contributed by atoms with Gasteiger partial charge in [-0.25, -0.2) is 9.78 Å². The van der Waals surface area contributed by atoms with E-state index in [1.807, 2.05) is 28.8 Å². The van der Waals surface area contributed by atoms with Crippen molar-refractivity contribution in [2.24, 2.45) is 0 Å². The van der Waals surface area contributed by atoms with Gasteiger partial charge in [0.1, 0.15) is 22.2 Å². The fourth-order valence-corrected chi connectivity index (χ4v) is 3.80. The lowest BCUT2D eigenvalue weighted by Gasteiger charge is -2.10. The number of halogens is 3. The largest absolute Gasteiger partial charge is 0.405 e. The maximum absolute atomic E-state index is 12.3. The van der Waals surface area contributed by atoms with Crippen molar-refractivity contribution in [3.05, 3.63) is 53.8 Å². The highest BCUT2D eigenvalue weighted by Crippen LogP contribution is 2.28. The predicted molar refractivity (Wildman–Crippen MR) is 113 cm³/mol. The third kappa shape index (κ3) is 5.03. The fraction of sp³-hybridized carbons (Fsp3) is 0.200. The van der Waals surface area contributed by atoms with E-state index in [1.165, 1.54) is 11.3 Å². The lowest BCUT2D eigenvalue weighted by atomic mass is 10.1. The highest BCUT2D eigenvalue weighted by atomic mass is 32.1. The third-order valence-electron chi connectivity index (χ3n) is 4.36. The van der Waals surface area contributed by atoms with Gasteiger partial charge >= 0.3 is 12.2 Å². The number of imidazole rings is 1. The zero-order valence-electron chi connectivity index (χ0n) is 16.7. The van der Waals surface area contributed by atoms with Crippen molar-refractivity contribution in [2.75, 3.05) is 19.0 Å². The van der Waals surface area contributed by atoms with E-state index in [-0.39, 0.29) is 0 Å². The number of pyridine rings is 1. The molecule has 0 fully saturated rings. The van der Waals surface area contributed by atoms with Crippen LogP contribution < -0.4 is 10.6 Å². The molecule has 32 heavy (non-hydrogen) atoms. The molecule has 4 aromatic rings. The molecule has 0 bridgehead atoms. The molecule has 0 unspecified atom stereocenters. The summed E-state index contributed by atoms with van der Waals surface area (Å²) in [5.41, 5.74) is 3.39. The third-order valence-corrected chi connectivity index (χ3v) is 5.31. The molecule has 2 amide bonds. The van der Waals surface area contributed by atoms with Crippen LogP contribution in [0.1, 0.15) is 5.01 Å². The van der Waals surface area contributed by atoms with Gasteiger partial charge in [-0.15, -0.1) is 10.2 Å². The number of amides is 2. The van der Waals surface area contributed by atoms with Crippen molar-refractivity contribution in [3.63, 3.8) is 0 Å². The van der Waals surface area contributed by atoms with Crippen LogP contribution in [0.15, 0.2) is 48.8 Å². The first-order valence-electron chi connectivity index (χ1n) is 9.33. The van der Waals surface area contributed by atoms with Crippen LogP contribution in [0, 0.1) is 0 Å². The molecule has 0 spiro atoms. The molecule has 8 nitrogen and oxygen atoms in total. The van der Waals surface area contributed by atoms with E-state index in [9.17, 15) is 18.0 Å². The van der Waals surface area contributed by atoms with Gasteiger partial charge in [0.05, 0.1) is 18.5 Å². The van der Waals surface area contributed by atoms with Crippen molar-refractivity contribution >= 4 is 28.7 Å². The van der Waals surface area contributed by atoms with E-state index in [2.05, 4.69) is 20.5 Å². The summed E-state index contributed by atoms with van der Waals surface area (Å²) < 4.78 is 43.7. The first kappa shape index (κ1) is 21.7. The van der Waals surface area contributed by atoms with E-state index < -0.39 is 18.8 Å². The van der Waals surface area contributed by atoms with E-state index >= 15 is 0 Å². The normalized spacial score (nSPS) is 11.6. The molecule has 0 aliphatic heterocycles. The number of nitrogens with one attached hydrogen (secondary N) is 2.